The van der Waals surface area contributed by atoms with Crippen molar-refractivity contribution in [2.24, 2.45) is 0 Å². The molecule has 0 spiro atoms. The summed E-state index contributed by atoms with van der Waals surface area (Å²) in [5, 5.41) is 2.88. The lowest BCUT2D eigenvalue weighted by molar-refractivity contribution is -0.118. The average molecular weight is 358 g/mol. The van der Waals surface area contributed by atoms with Gasteiger partial charge in [0.2, 0.25) is 5.91 Å². The van der Waals surface area contributed by atoms with Crippen LogP contribution in [0.25, 0.3) is 0 Å². The predicted molar refractivity (Wildman–Crippen MR) is 100 cm³/mol. The molecule has 0 aliphatic rings. The molecule has 1 N–H and O–H groups in total. The molecule has 132 valence electrons. The summed E-state index contributed by atoms with van der Waals surface area (Å²) in [5.41, 5.74) is 1.59. The second-order valence-corrected chi connectivity index (χ2v) is 6.69. The molecule has 2 amide bonds. The molecule has 2 aromatic rings. The van der Waals surface area contributed by atoms with Crippen molar-refractivity contribution < 1.29 is 14.3 Å². The third-order valence-electron chi connectivity index (χ3n) is 3.53. The Bertz CT molecular complexity index is 712. The van der Waals surface area contributed by atoms with Gasteiger partial charge < -0.3 is 15.0 Å². The second kappa shape index (κ2) is 9.13. The molecule has 0 atom stereocenters. The number of thioether (sulfide) groups is 1. The molecule has 0 saturated heterocycles. The molecule has 2 rings (SSSR count). The molecule has 5 nitrogen and oxygen atoms in total. The van der Waals surface area contributed by atoms with Crippen LogP contribution in [0.5, 0.6) is 5.75 Å². The molecule has 0 aliphatic carbocycles. The lowest BCUT2D eigenvalue weighted by atomic mass is 10.1. The molecule has 0 aromatic heterocycles. The Labute approximate surface area is 152 Å². The molecule has 0 radical (unpaired) electrons. The summed E-state index contributed by atoms with van der Waals surface area (Å²) < 4.78 is 5.11. The van der Waals surface area contributed by atoms with Crippen LogP contribution in [0, 0.1) is 0 Å². The highest BCUT2D eigenvalue weighted by Gasteiger charge is 2.08. The number of rotatable bonds is 7. The normalized spacial score (nSPS) is 10.2. The third-order valence-corrected chi connectivity index (χ3v) is 4.54. The number of hydrogen-bond donors (Lipinski definition) is 1. The molecule has 6 heteroatoms. The van der Waals surface area contributed by atoms with E-state index in [-0.39, 0.29) is 11.8 Å². The van der Waals surface area contributed by atoms with Crippen molar-refractivity contribution in [3.8, 4) is 5.75 Å². The second-order valence-electron chi connectivity index (χ2n) is 5.64. The van der Waals surface area contributed by atoms with Gasteiger partial charge in [-0.1, -0.05) is 12.1 Å². The van der Waals surface area contributed by atoms with E-state index in [0.29, 0.717) is 17.9 Å². The van der Waals surface area contributed by atoms with Crippen LogP contribution in [0.1, 0.15) is 15.9 Å². The first-order valence-corrected chi connectivity index (χ1v) is 8.82. The van der Waals surface area contributed by atoms with Crippen LogP contribution in [-0.2, 0) is 11.3 Å². The van der Waals surface area contributed by atoms with Crippen molar-refractivity contribution in [3.63, 3.8) is 0 Å². The number of ether oxygens (including phenoxy) is 1. The number of nitrogens with zero attached hydrogens (tertiary/aromatic N) is 1. The smallest absolute Gasteiger partial charge is 0.253 e. The minimum atomic E-state index is -0.0357. The summed E-state index contributed by atoms with van der Waals surface area (Å²) in [5.74, 6) is 1.08. The number of amides is 2. The SMILES string of the molecule is COc1ccc(SCC(=O)NCc2ccc(C(=O)N(C)C)cc2)cc1. The van der Waals surface area contributed by atoms with Crippen LogP contribution in [-0.4, -0.2) is 43.7 Å². The quantitative estimate of drug-likeness (QED) is 0.773. The Morgan fingerprint density at radius 1 is 1.04 bits per heavy atom. The molecular weight excluding hydrogens is 336 g/mol. The maximum Gasteiger partial charge on any atom is 0.253 e. The fraction of sp³-hybridized carbons (Fsp3) is 0.263. The zero-order valence-corrected chi connectivity index (χ0v) is 15.4. The number of benzene rings is 2. The zero-order chi connectivity index (χ0) is 18.2. The molecule has 2 aromatic carbocycles. The van der Waals surface area contributed by atoms with Crippen molar-refractivity contribution in [2.75, 3.05) is 27.0 Å². The van der Waals surface area contributed by atoms with Gasteiger partial charge in [-0.05, 0) is 42.0 Å². The molecule has 0 bridgehead atoms. The van der Waals surface area contributed by atoms with Crippen LogP contribution < -0.4 is 10.1 Å². The van der Waals surface area contributed by atoms with E-state index in [9.17, 15) is 9.59 Å². The van der Waals surface area contributed by atoms with Crippen molar-refractivity contribution in [1.29, 1.82) is 0 Å². The lowest BCUT2D eigenvalue weighted by Gasteiger charge is -2.11. The molecule has 0 unspecified atom stereocenters. The summed E-state index contributed by atoms with van der Waals surface area (Å²) in [7, 11) is 5.06. The average Bonchev–Trinajstić information content (AvgIpc) is 2.64. The minimum absolute atomic E-state index is 0.0331. The van der Waals surface area contributed by atoms with Gasteiger partial charge in [0.15, 0.2) is 0 Å². The summed E-state index contributed by atoms with van der Waals surface area (Å²) in [6.45, 7) is 0.443. The van der Waals surface area contributed by atoms with E-state index in [2.05, 4.69) is 5.32 Å². The van der Waals surface area contributed by atoms with Crippen molar-refractivity contribution in [3.05, 3.63) is 59.7 Å². The molecule has 25 heavy (non-hydrogen) atoms. The fourth-order valence-electron chi connectivity index (χ4n) is 2.10. The van der Waals surface area contributed by atoms with Crippen molar-refractivity contribution >= 4 is 23.6 Å². The Hall–Kier alpha value is -2.47. The maximum absolute atomic E-state index is 12.0. The van der Waals surface area contributed by atoms with E-state index in [0.717, 1.165) is 16.2 Å². The summed E-state index contributed by atoms with van der Waals surface area (Å²) in [4.78, 5) is 26.3. The van der Waals surface area contributed by atoms with E-state index in [4.69, 9.17) is 4.74 Å². The molecule has 0 fully saturated rings. The van der Waals surface area contributed by atoms with Crippen LogP contribution >= 0.6 is 11.8 Å². The number of methoxy groups -OCH3 is 1. The standard InChI is InChI=1S/C19H22N2O3S/c1-21(2)19(23)15-6-4-14(5-7-15)12-20-18(22)13-25-17-10-8-16(24-3)9-11-17/h4-11H,12-13H2,1-3H3,(H,20,22). The highest BCUT2D eigenvalue weighted by molar-refractivity contribution is 8.00. The maximum atomic E-state index is 12.0. The highest BCUT2D eigenvalue weighted by Crippen LogP contribution is 2.20. The van der Waals surface area contributed by atoms with E-state index >= 15 is 0 Å². The van der Waals surface area contributed by atoms with E-state index < -0.39 is 0 Å². The topological polar surface area (TPSA) is 58.6 Å². The van der Waals surface area contributed by atoms with Gasteiger partial charge in [0.05, 0.1) is 12.9 Å². The van der Waals surface area contributed by atoms with Crippen LogP contribution in [0.3, 0.4) is 0 Å². The van der Waals surface area contributed by atoms with Gasteiger partial charge in [0, 0.05) is 31.1 Å². The van der Waals surface area contributed by atoms with Gasteiger partial charge in [-0.2, -0.15) is 0 Å². The first kappa shape index (κ1) is 18.9. The third kappa shape index (κ3) is 5.83. The zero-order valence-electron chi connectivity index (χ0n) is 14.6. The number of carbonyl (C=O) groups excluding carboxylic acids is 2. The highest BCUT2D eigenvalue weighted by atomic mass is 32.2. The summed E-state index contributed by atoms with van der Waals surface area (Å²) in [6.07, 6.45) is 0. The van der Waals surface area contributed by atoms with Crippen molar-refractivity contribution in [2.45, 2.75) is 11.4 Å². The van der Waals surface area contributed by atoms with E-state index in [1.807, 2.05) is 36.4 Å². The van der Waals surface area contributed by atoms with Gasteiger partial charge in [-0.3, -0.25) is 9.59 Å². The molecule has 0 aliphatic heterocycles. The van der Waals surface area contributed by atoms with E-state index in [1.165, 1.54) is 16.7 Å². The summed E-state index contributed by atoms with van der Waals surface area (Å²) in [6, 6.07) is 14.9. The first-order chi connectivity index (χ1) is 12.0. The summed E-state index contributed by atoms with van der Waals surface area (Å²) >= 11 is 1.47. The number of hydrogen-bond acceptors (Lipinski definition) is 4. The Kier molecular flexibility index (Phi) is 6.89. The predicted octanol–water partition coefficient (Wildman–Crippen LogP) is 2.81. The van der Waals surface area contributed by atoms with Crippen molar-refractivity contribution in [1.82, 2.24) is 10.2 Å². The first-order valence-electron chi connectivity index (χ1n) is 7.83. The largest absolute Gasteiger partial charge is 0.497 e. The van der Waals surface area contributed by atoms with Gasteiger partial charge >= 0.3 is 0 Å². The fourth-order valence-corrected chi connectivity index (χ4v) is 2.82. The van der Waals surface area contributed by atoms with Gasteiger partial charge in [0.1, 0.15) is 5.75 Å². The van der Waals surface area contributed by atoms with Crippen LogP contribution in [0.15, 0.2) is 53.4 Å². The molecule has 0 saturated carbocycles. The Balaban J connectivity index is 1.78. The van der Waals surface area contributed by atoms with E-state index in [1.54, 1.807) is 33.3 Å². The molecular formula is C19H22N2O3S. The Morgan fingerprint density at radius 2 is 1.68 bits per heavy atom. The lowest BCUT2D eigenvalue weighted by Crippen LogP contribution is -2.24. The van der Waals surface area contributed by atoms with Crippen LogP contribution in [0.2, 0.25) is 0 Å². The van der Waals surface area contributed by atoms with Gasteiger partial charge in [0.25, 0.3) is 5.91 Å². The van der Waals surface area contributed by atoms with Gasteiger partial charge in [-0.15, -0.1) is 11.8 Å². The monoisotopic (exact) mass is 358 g/mol. The van der Waals surface area contributed by atoms with Gasteiger partial charge in [-0.25, -0.2) is 0 Å². The number of nitrogens with one attached hydrogen (secondary N) is 1. The number of carbonyl (C=O) groups is 2. The minimum Gasteiger partial charge on any atom is -0.497 e. The Morgan fingerprint density at radius 3 is 2.24 bits per heavy atom. The van der Waals surface area contributed by atoms with Crippen LogP contribution in [0.4, 0.5) is 0 Å². The molecule has 0 heterocycles.